The molecular weight excluding hydrogens is 496 g/mol. The maximum absolute atomic E-state index is 14.8. The molecule has 4 aromatic rings. The van der Waals surface area contributed by atoms with Crippen molar-refractivity contribution in [2.45, 2.75) is 25.3 Å². The summed E-state index contributed by atoms with van der Waals surface area (Å²) in [6, 6.07) is 27.5. The van der Waals surface area contributed by atoms with Gasteiger partial charge in [0.05, 0.1) is 24.3 Å². The summed E-state index contributed by atoms with van der Waals surface area (Å²) < 4.78 is 35.4. The van der Waals surface area contributed by atoms with E-state index < -0.39 is 17.7 Å². The fourth-order valence-electron chi connectivity index (χ4n) is 5.58. The molecule has 0 spiro atoms. The zero-order valence-corrected chi connectivity index (χ0v) is 21.6. The standard InChI is InChI=1S/C32H29F2N3O2/c1-21(26-13-7-11-24-10-5-6-12-28(24)26)36-32(38)39-20-25-19-37(15-14-27(25)23-8-3-2-4-9-23)31-29(33)16-22(18-35)17-30(31)34/h2-13,16-17,21,25,27H,14-15,19-20H2,1H3,(H,36,38)/t21-,25?,27?/m1/s1. The summed E-state index contributed by atoms with van der Waals surface area (Å²) in [7, 11) is 0. The Labute approximate surface area is 226 Å². The van der Waals surface area contributed by atoms with Gasteiger partial charge in [-0.05, 0) is 53.3 Å². The summed E-state index contributed by atoms with van der Waals surface area (Å²) in [6.07, 6.45) is 0.0837. The van der Waals surface area contributed by atoms with Crippen LogP contribution in [0.4, 0.5) is 19.3 Å². The second-order valence-corrected chi connectivity index (χ2v) is 9.95. The van der Waals surface area contributed by atoms with Gasteiger partial charge in [-0.15, -0.1) is 0 Å². The van der Waals surface area contributed by atoms with Crippen molar-refractivity contribution >= 4 is 22.6 Å². The number of anilines is 1. The first-order valence-electron chi connectivity index (χ1n) is 13.0. The van der Waals surface area contributed by atoms with Gasteiger partial charge in [-0.3, -0.25) is 0 Å². The SMILES string of the molecule is C[C@@H](NC(=O)OCC1CN(c2c(F)cc(C#N)cc2F)CCC1c1ccccc1)c1cccc2ccccc12. The van der Waals surface area contributed by atoms with Crippen molar-refractivity contribution in [3.63, 3.8) is 0 Å². The van der Waals surface area contributed by atoms with Crippen LogP contribution < -0.4 is 10.2 Å². The van der Waals surface area contributed by atoms with E-state index in [1.807, 2.05) is 79.7 Å². The molecule has 1 heterocycles. The molecule has 1 aliphatic rings. The Bertz CT molecular complexity index is 1490. The molecule has 198 valence electrons. The minimum atomic E-state index is -0.772. The first-order valence-corrected chi connectivity index (χ1v) is 13.0. The Kier molecular flexibility index (Phi) is 7.74. The van der Waals surface area contributed by atoms with E-state index in [1.54, 1.807) is 11.0 Å². The number of rotatable bonds is 6. The highest BCUT2D eigenvalue weighted by Gasteiger charge is 2.33. The van der Waals surface area contributed by atoms with E-state index >= 15 is 0 Å². The summed E-state index contributed by atoms with van der Waals surface area (Å²) in [5.74, 6) is -1.69. The lowest BCUT2D eigenvalue weighted by molar-refractivity contribution is 0.113. The molecule has 7 heteroatoms. The van der Waals surface area contributed by atoms with Crippen LogP contribution in [0.25, 0.3) is 10.8 Å². The molecule has 1 fully saturated rings. The minimum Gasteiger partial charge on any atom is -0.449 e. The normalized spacial score (nSPS) is 17.8. The monoisotopic (exact) mass is 525 g/mol. The van der Waals surface area contributed by atoms with E-state index in [0.717, 1.165) is 34.0 Å². The molecule has 3 atom stereocenters. The van der Waals surface area contributed by atoms with Crippen LogP contribution in [0.3, 0.4) is 0 Å². The molecule has 0 aliphatic carbocycles. The topological polar surface area (TPSA) is 65.4 Å². The minimum absolute atomic E-state index is 0.0512. The summed E-state index contributed by atoms with van der Waals surface area (Å²) >= 11 is 0. The van der Waals surface area contributed by atoms with Crippen LogP contribution in [0.2, 0.25) is 0 Å². The predicted octanol–water partition coefficient (Wildman–Crippen LogP) is 7.09. The van der Waals surface area contributed by atoms with Gasteiger partial charge in [-0.25, -0.2) is 13.6 Å². The second kappa shape index (κ2) is 11.5. The fourth-order valence-corrected chi connectivity index (χ4v) is 5.58. The van der Waals surface area contributed by atoms with E-state index in [0.29, 0.717) is 19.5 Å². The third-order valence-electron chi connectivity index (χ3n) is 7.48. The van der Waals surface area contributed by atoms with Crippen LogP contribution in [-0.2, 0) is 4.74 Å². The van der Waals surface area contributed by atoms with Gasteiger partial charge in [-0.1, -0.05) is 72.8 Å². The Morgan fingerprint density at radius 3 is 2.49 bits per heavy atom. The highest BCUT2D eigenvalue weighted by Crippen LogP contribution is 2.37. The molecule has 0 saturated carbocycles. The van der Waals surface area contributed by atoms with Crippen LogP contribution in [0.5, 0.6) is 0 Å². The smallest absolute Gasteiger partial charge is 0.407 e. The number of fused-ring (bicyclic) bond motifs is 1. The highest BCUT2D eigenvalue weighted by molar-refractivity contribution is 5.86. The number of carbonyl (C=O) groups excluding carboxylic acids is 1. The van der Waals surface area contributed by atoms with Crippen molar-refractivity contribution in [2.24, 2.45) is 5.92 Å². The van der Waals surface area contributed by atoms with Gasteiger partial charge in [0, 0.05) is 19.0 Å². The van der Waals surface area contributed by atoms with Crippen molar-refractivity contribution in [2.75, 3.05) is 24.6 Å². The molecular formula is C32H29F2N3O2. The highest BCUT2D eigenvalue weighted by atomic mass is 19.1. The number of ether oxygens (including phenoxy) is 1. The Hall–Kier alpha value is -4.44. The molecule has 1 aliphatic heterocycles. The number of hydrogen-bond acceptors (Lipinski definition) is 4. The summed E-state index contributed by atoms with van der Waals surface area (Å²) in [6.45, 7) is 2.73. The molecule has 5 nitrogen and oxygen atoms in total. The quantitative estimate of drug-likeness (QED) is 0.292. The predicted molar refractivity (Wildman–Crippen MR) is 147 cm³/mol. The Morgan fingerprint density at radius 2 is 1.74 bits per heavy atom. The van der Waals surface area contributed by atoms with Gasteiger partial charge >= 0.3 is 6.09 Å². The zero-order chi connectivity index (χ0) is 27.4. The van der Waals surface area contributed by atoms with Gasteiger partial charge in [0.25, 0.3) is 0 Å². The number of amides is 1. The maximum Gasteiger partial charge on any atom is 0.407 e. The number of piperidine rings is 1. The lowest BCUT2D eigenvalue weighted by Crippen LogP contribution is -2.43. The van der Waals surface area contributed by atoms with E-state index in [1.165, 1.54) is 0 Å². The molecule has 0 aromatic heterocycles. The second-order valence-electron chi connectivity index (χ2n) is 9.95. The van der Waals surface area contributed by atoms with E-state index in [-0.39, 0.29) is 35.7 Å². The largest absolute Gasteiger partial charge is 0.449 e. The third kappa shape index (κ3) is 5.70. The van der Waals surface area contributed by atoms with Crippen LogP contribution in [0.1, 0.15) is 42.0 Å². The molecule has 1 saturated heterocycles. The van der Waals surface area contributed by atoms with Gasteiger partial charge in [0.1, 0.15) is 5.69 Å². The summed E-state index contributed by atoms with van der Waals surface area (Å²) in [4.78, 5) is 14.5. The van der Waals surface area contributed by atoms with Crippen molar-refractivity contribution in [1.29, 1.82) is 5.26 Å². The summed E-state index contributed by atoms with van der Waals surface area (Å²) in [5.41, 5.74) is 1.86. The molecule has 2 unspecified atom stereocenters. The Morgan fingerprint density at radius 1 is 1.05 bits per heavy atom. The van der Waals surface area contributed by atoms with Crippen molar-refractivity contribution < 1.29 is 18.3 Å². The first-order chi connectivity index (χ1) is 18.9. The van der Waals surface area contributed by atoms with Crippen molar-refractivity contribution in [3.05, 3.63) is 113 Å². The van der Waals surface area contributed by atoms with Crippen LogP contribution in [0, 0.1) is 28.9 Å². The number of nitriles is 1. The first kappa shape index (κ1) is 26.2. The molecule has 0 bridgehead atoms. The average Bonchev–Trinajstić information content (AvgIpc) is 2.95. The van der Waals surface area contributed by atoms with Crippen molar-refractivity contribution in [1.82, 2.24) is 5.32 Å². The lowest BCUT2D eigenvalue weighted by atomic mass is 9.80. The van der Waals surface area contributed by atoms with Gasteiger partial charge < -0.3 is 15.0 Å². The van der Waals surface area contributed by atoms with Crippen LogP contribution in [-0.4, -0.2) is 25.8 Å². The van der Waals surface area contributed by atoms with Crippen LogP contribution in [0.15, 0.2) is 84.9 Å². The molecule has 1 amide bonds. The number of benzene rings is 4. The van der Waals surface area contributed by atoms with Gasteiger partial charge in [-0.2, -0.15) is 5.26 Å². The molecule has 5 rings (SSSR count). The zero-order valence-electron chi connectivity index (χ0n) is 21.6. The number of nitrogens with zero attached hydrogens (tertiary/aromatic N) is 2. The van der Waals surface area contributed by atoms with E-state index in [9.17, 15) is 13.6 Å². The van der Waals surface area contributed by atoms with E-state index in [2.05, 4.69) is 5.32 Å². The molecule has 0 radical (unpaired) electrons. The average molecular weight is 526 g/mol. The molecule has 4 aromatic carbocycles. The van der Waals surface area contributed by atoms with Crippen LogP contribution >= 0.6 is 0 Å². The Balaban J connectivity index is 1.32. The van der Waals surface area contributed by atoms with Crippen molar-refractivity contribution in [3.8, 4) is 6.07 Å². The number of halogens is 2. The fraction of sp³-hybridized carbons (Fsp3) is 0.250. The number of alkyl carbamates (subject to hydrolysis) is 1. The molecule has 1 N–H and O–H groups in total. The number of nitrogens with one attached hydrogen (secondary N) is 1. The van der Waals surface area contributed by atoms with E-state index in [4.69, 9.17) is 10.00 Å². The lowest BCUT2D eigenvalue weighted by Gasteiger charge is -2.40. The van der Waals surface area contributed by atoms with Gasteiger partial charge in [0.15, 0.2) is 11.6 Å². The maximum atomic E-state index is 14.8. The van der Waals surface area contributed by atoms with Gasteiger partial charge in [0.2, 0.25) is 0 Å². The third-order valence-corrected chi connectivity index (χ3v) is 7.48. The molecule has 39 heavy (non-hydrogen) atoms. The number of carbonyl (C=O) groups is 1. The summed E-state index contributed by atoms with van der Waals surface area (Å²) in [5, 5.41) is 14.1. The number of hydrogen-bond donors (Lipinski definition) is 1.